The summed E-state index contributed by atoms with van der Waals surface area (Å²) in [5.74, 6) is 0. The third-order valence-corrected chi connectivity index (χ3v) is 1.84. The van der Waals surface area contributed by atoms with Crippen LogP contribution in [0.15, 0.2) is 18.2 Å². The first-order valence-corrected chi connectivity index (χ1v) is 3.97. The number of anilines is 1. The van der Waals surface area contributed by atoms with Crippen molar-refractivity contribution >= 4 is 5.69 Å². The average molecular weight is 205 g/mol. The highest BCUT2D eigenvalue weighted by Crippen LogP contribution is 2.35. The second-order valence-corrected chi connectivity index (χ2v) is 2.79. The molecule has 0 bridgehead atoms. The predicted molar refractivity (Wildman–Crippen MR) is 46.9 cm³/mol. The molecule has 0 aliphatic rings. The fourth-order valence-electron chi connectivity index (χ4n) is 1.14. The van der Waals surface area contributed by atoms with Crippen LogP contribution in [-0.2, 0) is 12.8 Å². The summed E-state index contributed by atoms with van der Waals surface area (Å²) in [4.78, 5) is 0. The minimum Gasteiger partial charge on any atom is -0.392 e. The molecule has 0 unspecified atom stereocenters. The van der Waals surface area contributed by atoms with Crippen molar-refractivity contribution in [3.05, 3.63) is 29.3 Å². The van der Waals surface area contributed by atoms with E-state index in [2.05, 4.69) is 5.32 Å². The number of benzene rings is 1. The molecule has 14 heavy (non-hydrogen) atoms. The van der Waals surface area contributed by atoms with Crippen LogP contribution in [0.3, 0.4) is 0 Å². The van der Waals surface area contributed by atoms with Crippen molar-refractivity contribution < 1.29 is 18.3 Å². The SMILES string of the molecule is CNc1ccc(CO)cc1C(F)(F)F. The van der Waals surface area contributed by atoms with E-state index in [-0.39, 0.29) is 11.3 Å². The maximum absolute atomic E-state index is 12.4. The quantitative estimate of drug-likeness (QED) is 0.776. The monoisotopic (exact) mass is 205 g/mol. The molecule has 0 aliphatic carbocycles. The van der Waals surface area contributed by atoms with Crippen LogP contribution in [0.5, 0.6) is 0 Å². The number of nitrogens with one attached hydrogen (secondary N) is 1. The second kappa shape index (κ2) is 3.88. The second-order valence-electron chi connectivity index (χ2n) is 2.79. The van der Waals surface area contributed by atoms with Crippen LogP contribution in [0.4, 0.5) is 18.9 Å². The van der Waals surface area contributed by atoms with Crippen molar-refractivity contribution in [1.29, 1.82) is 0 Å². The van der Waals surface area contributed by atoms with Gasteiger partial charge in [0.15, 0.2) is 0 Å². The fourth-order valence-corrected chi connectivity index (χ4v) is 1.14. The molecule has 0 saturated carbocycles. The fraction of sp³-hybridized carbons (Fsp3) is 0.333. The lowest BCUT2D eigenvalue weighted by Crippen LogP contribution is -2.09. The number of aliphatic hydroxyl groups is 1. The lowest BCUT2D eigenvalue weighted by Gasteiger charge is -2.13. The Morgan fingerprint density at radius 3 is 2.43 bits per heavy atom. The van der Waals surface area contributed by atoms with Gasteiger partial charge in [0, 0.05) is 12.7 Å². The zero-order valence-corrected chi connectivity index (χ0v) is 7.52. The van der Waals surface area contributed by atoms with Crippen molar-refractivity contribution in [2.75, 3.05) is 12.4 Å². The number of alkyl halides is 3. The highest BCUT2D eigenvalue weighted by molar-refractivity contribution is 5.53. The lowest BCUT2D eigenvalue weighted by molar-refractivity contribution is -0.137. The largest absolute Gasteiger partial charge is 0.418 e. The van der Waals surface area contributed by atoms with Gasteiger partial charge in [-0.15, -0.1) is 0 Å². The van der Waals surface area contributed by atoms with Gasteiger partial charge in [0.25, 0.3) is 0 Å². The molecule has 5 heteroatoms. The van der Waals surface area contributed by atoms with Crippen LogP contribution in [0, 0.1) is 0 Å². The van der Waals surface area contributed by atoms with Crippen LogP contribution < -0.4 is 5.32 Å². The van der Waals surface area contributed by atoms with Gasteiger partial charge in [-0.3, -0.25) is 0 Å². The summed E-state index contributed by atoms with van der Waals surface area (Å²) in [5, 5.41) is 11.2. The third kappa shape index (κ3) is 2.17. The number of hydrogen-bond donors (Lipinski definition) is 2. The summed E-state index contributed by atoms with van der Waals surface area (Å²) in [5.41, 5.74) is -0.502. The summed E-state index contributed by atoms with van der Waals surface area (Å²) in [7, 11) is 1.42. The van der Waals surface area contributed by atoms with Gasteiger partial charge in [0.05, 0.1) is 12.2 Å². The Bertz CT molecular complexity index is 322. The minimum atomic E-state index is -4.40. The molecule has 2 nitrogen and oxygen atoms in total. The van der Waals surface area contributed by atoms with E-state index in [1.165, 1.54) is 19.2 Å². The number of halogens is 3. The van der Waals surface area contributed by atoms with Crippen LogP contribution in [-0.4, -0.2) is 12.2 Å². The van der Waals surface area contributed by atoms with Gasteiger partial charge < -0.3 is 10.4 Å². The van der Waals surface area contributed by atoms with Crippen LogP contribution in [0.1, 0.15) is 11.1 Å². The standard InChI is InChI=1S/C9H10F3NO/c1-13-8-3-2-6(5-14)4-7(8)9(10,11)12/h2-4,13-14H,5H2,1H3. The average Bonchev–Trinajstić information content (AvgIpc) is 2.15. The highest BCUT2D eigenvalue weighted by Gasteiger charge is 2.33. The molecule has 1 aromatic carbocycles. The molecular weight excluding hydrogens is 195 g/mol. The summed E-state index contributed by atoms with van der Waals surface area (Å²) in [6.45, 7) is -0.396. The maximum Gasteiger partial charge on any atom is 0.418 e. The first-order chi connectivity index (χ1) is 6.49. The maximum atomic E-state index is 12.4. The number of aliphatic hydroxyl groups excluding tert-OH is 1. The smallest absolute Gasteiger partial charge is 0.392 e. The van der Waals surface area contributed by atoms with E-state index in [0.717, 1.165) is 6.07 Å². The Hall–Kier alpha value is -1.23. The van der Waals surface area contributed by atoms with Gasteiger partial charge in [-0.05, 0) is 17.7 Å². The first kappa shape index (κ1) is 10.8. The van der Waals surface area contributed by atoms with Crippen molar-refractivity contribution in [1.82, 2.24) is 0 Å². The van der Waals surface area contributed by atoms with E-state index in [9.17, 15) is 13.2 Å². The number of rotatable bonds is 2. The van der Waals surface area contributed by atoms with E-state index in [1.807, 2.05) is 0 Å². The molecule has 1 aromatic rings. The molecule has 78 valence electrons. The molecule has 0 spiro atoms. The third-order valence-electron chi connectivity index (χ3n) is 1.84. The van der Waals surface area contributed by atoms with Gasteiger partial charge in [-0.2, -0.15) is 13.2 Å². The van der Waals surface area contributed by atoms with Crippen LogP contribution >= 0.6 is 0 Å². The zero-order chi connectivity index (χ0) is 10.8. The number of hydrogen-bond acceptors (Lipinski definition) is 2. The Morgan fingerprint density at radius 2 is 2.00 bits per heavy atom. The topological polar surface area (TPSA) is 32.3 Å². The molecule has 0 amide bonds. The Kier molecular flexibility index (Phi) is 3.00. The zero-order valence-electron chi connectivity index (χ0n) is 7.52. The Morgan fingerprint density at radius 1 is 1.36 bits per heavy atom. The van der Waals surface area contributed by atoms with Gasteiger partial charge in [0.2, 0.25) is 0 Å². The van der Waals surface area contributed by atoms with Crippen LogP contribution in [0.25, 0.3) is 0 Å². The van der Waals surface area contributed by atoms with E-state index in [1.54, 1.807) is 0 Å². The predicted octanol–water partition coefficient (Wildman–Crippen LogP) is 2.24. The van der Waals surface area contributed by atoms with Gasteiger partial charge in [-0.25, -0.2) is 0 Å². The highest BCUT2D eigenvalue weighted by atomic mass is 19.4. The van der Waals surface area contributed by atoms with E-state index in [0.29, 0.717) is 0 Å². The molecule has 1 rings (SSSR count). The lowest BCUT2D eigenvalue weighted by atomic mass is 10.1. The Labute approximate surface area is 79.4 Å². The molecule has 0 saturated heterocycles. The molecule has 0 atom stereocenters. The summed E-state index contributed by atoms with van der Waals surface area (Å²) >= 11 is 0. The van der Waals surface area contributed by atoms with E-state index in [4.69, 9.17) is 5.11 Å². The van der Waals surface area contributed by atoms with Crippen molar-refractivity contribution in [2.24, 2.45) is 0 Å². The summed E-state index contributed by atoms with van der Waals surface area (Å²) < 4.78 is 37.3. The first-order valence-electron chi connectivity index (χ1n) is 3.97. The van der Waals surface area contributed by atoms with Crippen molar-refractivity contribution in [3.8, 4) is 0 Å². The summed E-state index contributed by atoms with van der Waals surface area (Å²) in [6, 6.07) is 3.68. The van der Waals surface area contributed by atoms with Gasteiger partial charge in [-0.1, -0.05) is 6.07 Å². The molecule has 2 N–H and O–H groups in total. The summed E-state index contributed by atoms with van der Waals surface area (Å²) in [6.07, 6.45) is -4.40. The minimum absolute atomic E-state index is 0.00898. The van der Waals surface area contributed by atoms with Crippen molar-refractivity contribution in [3.63, 3.8) is 0 Å². The van der Waals surface area contributed by atoms with Gasteiger partial charge in [0.1, 0.15) is 0 Å². The van der Waals surface area contributed by atoms with E-state index < -0.39 is 18.3 Å². The molecule has 0 heterocycles. The van der Waals surface area contributed by atoms with Crippen LogP contribution in [0.2, 0.25) is 0 Å². The Balaban J connectivity index is 3.22. The van der Waals surface area contributed by atoms with Gasteiger partial charge >= 0.3 is 6.18 Å². The molecule has 0 fully saturated rings. The molecular formula is C9H10F3NO. The normalized spacial score (nSPS) is 11.5. The molecule has 0 radical (unpaired) electrons. The molecule has 0 aromatic heterocycles. The molecule has 0 aliphatic heterocycles. The van der Waals surface area contributed by atoms with E-state index >= 15 is 0 Å². The van der Waals surface area contributed by atoms with Crippen molar-refractivity contribution in [2.45, 2.75) is 12.8 Å².